The molecule has 1 aliphatic heterocycles. The van der Waals surface area contributed by atoms with Gasteiger partial charge in [-0.25, -0.2) is 8.42 Å². The quantitative estimate of drug-likeness (QED) is 0.748. The Balaban J connectivity index is 1.61. The van der Waals surface area contributed by atoms with E-state index in [0.29, 0.717) is 25.1 Å². The summed E-state index contributed by atoms with van der Waals surface area (Å²) >= 11 is 0. The predicted octanol–water partition coefficient (Wildman–Crippen LogP) is 1.90. The number of carbonyl (C=O) groups excluding carboxylic acids is 2. The first-order chi connectivity index (χ1) is 13.4. The minimum Gasteiger partial charge on any atom is -0.346 e. The second-order valence-corrected chi connectivity index (χ2v) is 8.59. The number of rotatable bonds is 5. The molecule has 0 radical (unpaired) electrons. The molecule has 28 heavy (non-hydrogen) atoms. The Labute approximate surface area is 164 Å². The molecule has 0 aromatic heterocycles. The molecular formula is C20H23N3O4S. The number of sulfonamides is 1. The molecule has 2 N–H and O–H groups in total. The van der Waals surface area contributed by atoms with E-state index in [1.165, 1.54) is 4.31 Å². The fraction of sp³-hybridized carbons (Fsp3) is 0.300. The van der Waals surface area contributed by atoms with E-state index in [4.69, 9.17) is 0 Å². The number of amides is 2. The molecule has 7 nitrogen and oxygen atoms in total. The molecule has 0 spiro atoms. The first-order valence-electron chi connectivity index (χ1n) is 9.11. The van der Waals surface area contributed by atoms with E-state index < -0.39 is 21.8 Å². The first kappa shape index (κ1) is 20.0. The van der Waals surface area contributed by atoms with Crippen LogP contribution in [0.25, 0.3) is 0 Å². The number of nitrogens with zero attached hydrogens (tertiary/aromatic N) is 1. The highest BCUT2D eigenvalue weighted by atomic mass is 32.2. The summed E-state index contributed by atoms with van der Waals surface area (Å²) in [5.74, 6) is -1.56. The third-order valence-corrected chi connectivity index (χ3v) is 6.74. The molecule has 2 amide bonds. The number of hydrogen-bond acceptors (Lipinski definition) is 4. The monoisotopic (exact) mass is 401 g/mol. The topological polar surface area (TPSA) is 95.6 Å². The van der Waals surface area contributed by atoms with E-state index in [9.17, 15) is 18.0 Å². The number of hydrogen-bond donors (Lipinski definition) is 2. The van der Waals surface area contributed by atoms with Crippen LogP contribution in [0, 0.1) is 6.92 Å². The average molecular weight is 401 g/mol. The first-order valence-corrected chi connectivity index (χ1v) is 10.6. The van der Waals surface area contributed by atoms with Crippen molar-refractivity contribution in [3.05, 3.63) is 60.2 Å². The lowest BCUT2D eigenvalue weighted by atomic mass is 10.2. The van der Waals surface area contributed by atoms with Crippen LogP contribution in [-0.2, 0) is 19.6 Å². The van der Waals surface area contributed by atoms with E-state index in [1.54, 1.807) is 42.5 Å². The SMILES string of the molecule is Cc1ccccc1NC(=O)C(=O)NCC1CCCN1S(=O)(=O)c1ccccc1. The minimum absolute atomic E-state index is 0.0894. The van der Waals surface area contributed by atoms with E-state index in [1.807, 2.05) is 19.1 Å². The Morgan fingerprint density at radius 3 is 2.43 bits per heavy atom. The lowest BCUT2D eigenvalue weighted by molar-refractivity contribution is -0.136. The van der Waals surface area contributed by atoms with Crippen LogP contribution in [0.5, 0.6) is 0 Å². The lowest BCUT2D eigenvalue weighted by Gasteiger charge is -2.24. The molecule has 1 atom stereocenters. The smallest absolute Gasteiger partial charge is 0.313 e. The highest BCUT2D eigenvalue weighted by molar-refractivity contribution is 7.89. The zero-order valence-corrected chi connectivity index (χ0v) is 16.4. The molecule has 1 unspecified atom stereocenters. The summed E-state index contributed by atoms with van der Waals surface area (Å²) in [7, 11) is -3.63. The summed E-state index contributed by atoms with van der Waals surface area (Å²) in [6, 6.07) is 15.0. The fourth-order valence-electron chi connectivity index (χ4n) is 3.24. The Hall–Kier alpha value is -2.71. The minimum atomic E-state index is -3.63. The molecule has 1 saturated heterocycles. The largest absolute Gasteiger partial charge is 0.346 e. The molecule has 3 rings (SSSR count). The maximum Gasteiger partial charge on any atom is 0.313 e. The summed E-state index contributed by atoms with van der Waals surface area (Å²) in [6.45, 7) is 2.32. The Bertz CT molecular complexity index is 960. The van der Waals surface area contributed by atoms with Crippen molar-refractivity contribution in [3.8, 4) is 0 Å². The van der Waals surface area contributed by atoms with Gasteiger partial charge in [0.25, 0.3) is 0 Å². The van der Waals surface area contributed by atoms with Gasteiger partial charge < -0.3 is 10.6 Å². The van der Waals surface area contributed by atoms with Crippen LogP contribution < -0.4 is 10.6 Å². The molecule has 1 aliphatic rings. The number of nitrogens with one attached hydrogen (secondary N) is 2. The molecule has 0 bridgehead atoms. The molecule has 1 heterocycles. The Morgan fingerprint density at radius 2 is 1.71 bits per heavy atom. The summed E-state index contributed by atoms with van der Waals surface area (Å²) in [5, 5.41) is 5.13. The molecule has 2 aromatic rings. The molecule has 148 valence electrons. The summed E-state index contributed by atoms with van der Waals surface area (Å²) in [6.07, 6.45) is 1.34. The van der Waals surface area contributed by atoms with Gasteiger partial charge in [-0.2, -0.15) is 4.31 Å². The van der Waals surface area contributed by atoms with Gasteiger partial charge in [0.15, 0.2) is 0 Å². The van der Waals surface area contributed by atoms with Gasteiger partial charge in [-0.1, -0.05) is 36.4 Å². The van der Waals surface area contributed by atoms with Crippen LogP contribution in [0.2, 0.25) is 0 Å². The Kier molecular flexibility index (Phi) is 6.11. The molecule has 8 heteroatoms. The van der Waals surface area contributed by atoms with Gasteiger partial charge in [0, 0.05) is 24.8 Å². The average Bonchev–Trinajstić information content (AvgIpc) is 3.18. The van der Waals surface area contributed by atoms with Crippen LogP contribution in [0.15, 0.2) is 59.5 Å². The van der Waals surface area contributed by atoms with Gasteiger partial charge >= 0.3 is 11.8 Å². The van der Waals surface area contributed by atoms with Gasteiger partial charge in [0.1, 0.15) is 0 Å². The summed E-state index contributed by atoms with van der Waals surface area (Å²) < 4.78 is 27.1. The van der Waals surface area contributed by atoms with Crippen molar-refractivity contribution < 1.29 is 18.0 Å². The van der Waals surface area contributed by atoms with Crippen molar-refractivity contribution in [1.82, 2.24) is 9.62 Å². The zero-order chi connectivity index (χ0) is 20.1. The lowest BCUT2D eigenvalue weighted by Crippen LogP contribution is -2.45. The van der Waals surface area contributed by atoms with E-state index >= 15 is 0 Å². The van der Waals surface area contributed by atoms with E-state index in [-0.39, 0.29) is 17.5 Å². The maximum atomic E-state index is 12.8. The third-order valence-electron chi connectivity index (χ3n) is 4.77. The number of aryl methyl sites for hydroxylation is 1. The van der Waals surface area contributed by atoms with Gasteiger partial charge in [-0.3, -0.25) is 9.59 Å². The van der Waals surface area contributed by atoms with Gasteiger partial charge in [-0.05, 0) is 43.5 Å². The Morgan fingerprint density at radius 1 is 1.04 bits per heavy atom. The summed E-state index contributed by atoms with van der Waals surface area (Å²) in [5.41, 5.74) is 1.41. The molecule has 0 aliphatic carbocycles. The summed E-state index contributed by atoms with van der Waals surface area (Å²) in [4.78, 5) is 24.5. The molecule has 0 saturated carbocycles. The highest BCUT2D eigenvalue weighted by Crippen LogP contribution is 2.25. The van der Waals surface area contributed by atoms with E-state index in [0.717, 1.165) is 5.56 Å². The predicted molar refractivity (Wildman–Crippen MR) is 106 cm³/mol. The van der Waals surface area contributed by atoms with Crippen LogP contribution in [0.3, 0.4) is 0 Å². The van der Waals surface area contributed by atoms with Crippen molar-refractivity contribution in [3.63, 3.8) is 0 Å². The fourth-order valence-corrected chi connectivity index (χ4v) is 4.95. The van der Waals surface area contributed by atoms with Crippen molar-refractivity contribution in [1.29, 1.82) is 0 Å². The van der Waals surface area contributed by atoms with Crippen molar-refractivity contribution >= 4 is 27.5 Å². The van der Waals surface area contributed by atoms with Gasteiger partial charge in [-0.15, -0.1) is 0 Å². The van der Waals surface area contributed by atoms with Crippen LogP contribution in [0.4, 0.5) is 5.69 Å². The van der Waals surface area contributed by atoms with E-state index in [2.05, 4.69) is 10.6 Å². The number of para-hydroxylation sites is 1. The second kappa shape index (κ2) is 8.53. The number of anilines is 1. The number of benzene rings is 2. The van der Waals surface area contributed by atoms with Crippen molar-refractivity contribution in [2.45, 2.75) is 30.7 Å². The van der Waals surface area contributed by atoms with Crippen molar-refractivity contribution in [2.24, 2.45) is 0 Å². The van der Waals surface area contributed by atoms with Crippen molar-refractivity contribution in [2.75, 3.05) is 18.4 Å². The van der Waals surface area contributed by atoms with Crippen LogP contribution in [0.1, 0.15) is 18.4 Å². The molecular weight excluding hydrogens is 378 g/mol. The van der Waals surface area contributed by atoms with Crippen LogP contribution >= 0.6 is 0 Å². The normalized spacial score (nSPS) is 17.2. The zero-order valence-electron chi connectivity index (χ0n) is 15.6. The molecule has 1 fully saturated rings. The number of carbonyl (C=O) groups is 2. The highest BCUT2D eigenvalue weighted by Gasteiger charge is 2.35. The van der Waals surface area contributed by atoms with Gasteiger partial charge in [0.2, 0.25) is 10.0 Å². The third kappa shape index (κ3) is 4.40. The molecule has 2 aromatic carbocycles. The second-order valence-electron chi connectivity index (χ2n) is 6.70. The standard InChI is InChI=1S/C20H23N3O4S/c1-15-8-5-6-12-18(15)22-20(25)19(24)21-14-16-9-7-13-23(16)28(26,27)17-10-3-2-4-11-17/h2-6,8,10-12,16H,7,9,13-14H2,1H3,(H,21,24)(H,22,25). The van der Waals surface area contributed by atoms with Gasteiger partial charge in [0.05, 0.1) is 4.90 Å². The maximum absolute atomic E-state index is 12.8. The van der Waals surface area contributed by atoms with Crippen LogP contribution in [-0.4, -0.2) is 43.7 Å².